The molecule has 0 aliphatic heterocycles. The molecular weight excluding hydrogens is 476 g/mol. The first kappa shape index (κ1) is 26.3. The molecule has 1 aliphatic rings. The zero-order chi connectivity index (χ0) is 26.9. The third-order valence-electron chi connectivity index (χ3n) is 6.15. The minimum absolute atomic E-state index is 0.0926. The van der Waals surface area contributed by atoms with Crippen LogP contribution in [0.25, 0.3) is 33.4 Å². The van der Waals surface area contributed by atoms with Gasteiger partial charge in [-0.05, 0) is 69.8 Å². The first-order valence-corrected chi connectivity index (χ1v) is 12.1. The number of ketones is 1. The highest BCUT2D eigenvalue weighted by Gasteiger charge is 2.17. The highest BCUT2D eigenvalue weighted by molar-refractivity contribution is 6.02. The van der Waals surface area contributed by atoms with Crippen LogP contribution in [0, 0.1) is 0 Å². The van der Waals surface area contributed by atoms with Gasteiger partial charge in [-0.15, -0.1) is 0 Å². The summed E-state index contributed by atoms with van der Waals surface area (Å²) in [5, 5.41) is 0. The van der Waals surface area contributed by atoms with Gasteiger partial charge >= 0.3 is 0 Å². The maximum Gasteiger partial charge on any atom is 0.178 e. The summed E-state index contributed by atoms with van der Waals surface area (Å²) in [5.74, 6) is 2.86. The molecule has 0 unspecified atom stereocenters. The van der Waals surface area contributed by atoms with Crippen LogP contribution in [-0.2, 0) is 4.79 Å². The molecular formula is C33H30O5. The molecule has 0 heterocycles. The minimum Gasteiger partial charge on any atom is -0.493 e. The van der Waals surface area contributed by atoms with E-state index in [2.05, 4.69) is 54.6 Å². The van der Waals surface area contributed by atoms with Crippen molar-refractivity contribution in [3.8, 4) is 56.4 Å². The van der Waals surface area contributed by atoms with Crippen LogP contribution < -0.4 is 18.9 Å². The van der Waals surface area contributed by atoms with Crippen molar-refractivity contribution < 1.29 is 23.7 Å². The van der Waals surface area contributed by atoms with Crippen molar-refractivity contribution in [3.05, 3.63) is 109 Å². The summed E-state index contributed by atoms with van der Waals surface area (Å²) in [6, 6.07) is 28.7. The Labute approximate surface area is 223 Å². The molecule has 4 aromatic rings. The first-order valence-electron chi connectivity index (χ1n) is 12.1. The second-order valence-corrected chi connectivity index (χ2v) is 8.35. The Bertz CT molecular complexity index is 1450. The van der Waals surface area contributed by atoms with Gasteiger partial charge in [-0.25, -0.2) is 0 Å². The topological polar surface area (TPSA) is 54.0 Å². The van der Waals surface area contributed by atoms with E-state index in [0.717, 1.165) is 33.4 Å². The highest BCUT2D eigenvalue weighted by atomic mass is 16.5. The van der Waals surface area contributed by atoms with Gasteiger partial charge in [0.2, 0.25) is 0 Å². The fraction of sp³-hybridized carbons (Fsp3) is 0.121. The average Bonchev–Trinajstić information content (AvgIpc) is 3.47. The molecule has 192 valence electrons. The molecule has 0 saturated heterocycles. The highest BCUT2D eigenvalue weighted by Crippen LogP contribution is 2.44. The quantitative estimate of drug-likeness (QED) is 0.261. The monoisotopic (exact) mass is 506 g/mol. The van der Waals surface area contributed by atoms with E-state index >= 15 is 0 Å². The number of hydrogen-bond donors (Lipinski definition) is 0. The number of benzene rings is 4. The largest absolute Gasteiger partial charge is 0.493 e. The summed E-state index contributed by atoms with van der Waals surface area (Å²) in [4.78, 5) is 10.1. The van der Waals surface area contributed by atoms with Crippen molar-refractivity contribution in [1.29, 1.82) is 0 Å². The predicted octanol–water partition coefficient (Wildman–Crippen LogP) is 7.40. The van der Waals surface area contributed by atoms with E-state index < -0.39 is 0 Å². The zero-order valence-electron chi connectivity index (χ0n) is 21.9. The molecule has 0 fully saturated rings. The molecule has 0 spiro atoms. The van der Waals surface area contributed by atoms with Gasteiger partial charge in [0.05, 0.1) is 28.4 Å². The van der Waals surface area contributed by atoms with E-state index in [0.29, 0.717) is 23.0 Å². The summed E-state index contributed by atoms with van der Waals surface area (Å²) >= 11 is 0. The Morgan fingerprint density at radius 1 is 0.474 bits per heavy atom. The fourth-order valence-electron chi connectivity index (χ4n) is 4.31. The third kappa shape index (κ3) is 5.79. The lowest BCUT2D eigenvalue weighted by Gasteiger charge is -2.18. The lowest BCUT2D eigenvalue weighted by Crippen LogP contribution is -1.95. The molecule has 0 saturated carbocycles. The van der Waals surface area contributed by atoms with Crippen LogP contribution in [0.3, 0.4) is 0 Å². The number of hydrogen-bond acceptors (Lipinski definition) is 5. The molecule has 5 heteroatoms. The Balaban J connectivity index is 0.000000494. The van der Waals surface area contributed by atoms with Crippen LogP contribution in [0.4, 0.5) is 0 Å². The molecule has 0 amide bonds. The van der Waals surface area contributed by atoms with E-state index in [1.165, 1.54) is 12.2 Å². The van der Waals surface area contributed by atoms with Gasteiger partial charge in [0.25, 0.3) is 0 Å². The maximum absolute atomic E-state index is 10.1. The summed E-state index contributed by atoms with van der Waals surface area (Å²) in [7, 11) is 6.59. The van der Waals surface area contributed by atoms with E-state index in [1.54, 1.807) is 40.6 Å². The molecule has 38 heavy (non-hydrogen) atoms. The summed E-state index contributed by atoms with van der Waals surface area (Å²) in [6.07, 6.45) is 6.50. The Hall–Kier alpha value is -4.77. The second-order valence-electron chi connectivity index (χ2n) is 8.35. The Kier molecular flexibility index (Phi) is 8.62. The van der Waals surface area contributed by atoms with E-state index in [9.17, 15) is 4.79 Å². The average molecular weight is 507 g/mol. The standard InChI is InChI=1S/C28H26O4.C5H4O/c1-29-24-15-13-20(17-26(24)31-3)23-12-8-11-22(19-9-6-5-7-10-19)28(23)21-14-16-25(30-2)27(18-21)32-4;6-5-3-1-2-4-5/h5-18H,1-4H3;1-4H. The van der Waals surface area contributed by atoms with Gasteiger partial charge in [0.15, 0.2) is 28.8 Å². The molecule has 0 radical (unpaired) electrons. The second kappa shape index (κ2) is 12.5. The van der Waals surface area contributed by atoms with Crippen LogP contribution in [0.5, 0.6) is 23.0 Å². The number of carbonyl (C=O) groups is 1. The van der Waals surface area contributed by atoms with Gasteiger partial charge in [0, 0.05) is 0 Å². The summed E-state index contributed by atoms with van der Waals surface area (Å²) in [6.45, 7) is 0. The number of rotatable bonds is 7. The number of ether oxygens (including phenoxy) is 4. The van der Waals surface area contributed by atoms with E-state index in [4.69, 9.17) is 18.9 Å². The van der Waals surface area contributed by atoms with Gasteiger partial charge < -0.3 is 18.9 Å². The van der Waals surface area contributed by atoms with Crippen LogP contribution in [0.1, 0.15) is 0 Å². The molecule has 0 N–H and O–H groups in total. The number of allylic oxidation sites excluding steroid dienone is 4. The summed E-state index contributed by atoms with van der Waals surface area (Å²) < 4.78 is 22.1. The lowest BCUT2D eigenvalue weighted by molar-refractivity contribution is -0.110. The molecule has 1 aliphatic carbocycles. The van der Waals surface area contributed by atoms with Crippen LogP contribution in [0.2, 0.25) is 0 Å². The molecule has 0 aromatic heterocycles. The Morgan fingerprint density at radius 3 is 1.47 bits per heavy atom. The number of carbonyl (C=O) groups excluding carboxylic acids is 1. The van der Waals surface area contributed by atoms with E-state index in [-0.39, 0.29) is 5.78 Å². The normalized spacial score (nSPS) is 11.5. The number of methoxy groups -OCH3 is 4. The smallest absolute Gasteiger partial charge is 0.178 e. The minimum atomic E-state index is 0.0926. The first-order chi connectivity index (χ1) is 18.6. The lowest BCUT2D eigenvalue weighted by atomic mass is 9.87. The van der Waals surface area contributed by atoms with E-state index in [1.807, 2.05) is 30.3 Å². The molecule has 0 bridgehead atoms. The van der Waals surface area contributed by atoms with Gasteiger partial charge in [-0.3, -0.25) is 4.79 Å². The van der Waals surface area contributed by atoms with Crippen molar-refractivity contribution in [1.82, 2.24) is 0 Å². The van der Waals surface area contributed by atoms with Crippen molar-refractivity contribution >= 4 is 5.78 Å². The maximum atomic E-state index is 10.1. The van der Waals surface area contributed by atoms with Gasteiger partial charge in [-0.1, -0.05) is 72.8 Å². The van der Waals surface area contributed by atoms with Crippen LogP contribution in [0.15, 0.2) is 109 Å². The van der Waals surface area contributed by atoms with Gasteiger partial charge in [0.1, 0.15) is 0 Å². The summed E-state index contributed by atoms with van der Waals surface area (Å²) in [5.41, 5.74) is 6.52. The zero-order valence-corrected chi connectivity index (χ0v) is 21.9. The molecule has 5 rings (SSSR count). The van der Waals surface area contributed by atoms with Crippen LogP contribution in [-0.4, -0.2) is 34.2 Å². The Morgan fingerprint density at radius 2 is 0.974 bits per heavy atom. The molecule has 0 atom stereocenters. The van der Waals surface area contributed by atoms with Crippen molar-refractivity contribution in [2.45, 2.75) is 0 Å². The molecule has 4 aromatic carbocycles. The van der Waals surface area contributed by atoms with Crippen molar-refractivity contribution in [2.24, 2.45) is 0 Å². The van der Waals surface area contributed by atoms with Crippen molar-refractivity contribution in [3.63, 3.8) is 0 Å². The van der Waals surface area contributed by atoms with Crippen molar-refractivity contribution in [2.75, 3.05) is 28.4 Å². The third-order valence-corrected chi connectivity index (χ3v) is 6.15. The van der Waals surface area contributed by atoms with Crippen LogP contribution >= 0.6 is 0 Å². The fourth-order valence-corrected chi connectivity index (χ4v) is 4.31. The predicted molar refractivity (Wildman–Crippen MR) is 152 cm³/mol. The SMILES string of the molecule is COc1ccc(-c2cccc(-c3ccccc3)c2-c2ccc(OC)c(OC)c2)cc1OC.O=C1C=CC=C1. The molecule has 5 nitrogen and oxygen atoms in total. The van der Waals surface area contributed by atoms with Gasteiger partial charge in [-0.2, -0.15) is 0 Å².